The first-order valence-corrected chi connectivity index (χ1v) is 17.6. The highest BCUT2D eigenvalue weighted by Crippen LogP contribution is 2.09. The molecule has 3 aromatic carbocycles. The molecule has 16 nitrogen and oxygen atoms in total. The van der Waals surface area contributed by atoms with Crippen molar-refractivity contribution in [3.63, 3.8) is 0 Å². The lowest BCUT2D eigenvalue weighted by Crippen LogP contribution is -2.59. The van der Waals surface area contributed by atoms with Gasteiger partial charge in [-0.3, -0.25) is 35.2 Å². The number of Topliss-reactive ketones (excluding diaryl/α,β-unsaturated/α-hetero) is 2. The molecule has 0 spiro atoms. The number of benzene rings is 3. The van der Waals surface area contributed by atoms with E-state index in [0.29, 0.717) is 43.5 Å². The molecule has 3 aromatic rings. The number of rotatable bonds is 25. The molecule has 0 unspecified atom stereocenters. The van der Waals surface area contributed by atoms with Gasteiger partial charge < -0.3 is 39.3 Å². The molecule has 0 fully saturated rings. The molecule has 53 heavy (non-hydrogen) atoms. The number of nitrogen functional groups attached to an aromatic ring is 1. The third-order valence-corrected chi connectivity index (χ3v) is 8.29. The van der Waals surface area contributed by atoms with Crippen LogP contribution < -0.4 is 60.8 Å². The SMILES string of the molecule is N=C(N)c1ccc(CNC(=O)[C@H](CCCNC(N)N)NN[C@@H](Cc2ccccc2)C(=O)N[C@@H](CCCNC(N)N)C(=O)C(=O)Cc2ccccc2)cc1. The van der Waals surface area contributed by atoms with E-state index in [0.717, 1.165) is 11.1 Å². The van der Waals surface area contributed by atoms with Gasteiger partial charge in [-0.1, -0.05) is 84.9 Å². The lowest BCUT2D eigenvalue weighted by molar-refractivity contribution is -0.139. The second-order valence-corrected chi connectivity index (χ2v) is 12.7. The highest BCUT2D eigenvalue weighted by Gasteiger charge is 2.30. The number of amides is 2. The number of carbonyl (C=O) groups is 4. The predicted octanol–water partition coefficient (Wildman–Crippen LogP) is -1.33. The molecule has 3 atom stereocenters. The summed E-state index contributed by atoms with van der Waals surface area (Å²) < 4.78 is 0. The van der Waals surface area contributed by atoms with Crippen LogP contribution in [0, 0.1) is 5.41 Å². The fraction of sp³-hybridized carbons (Fsp3) is 0.378. The molecule has 0 aliphatic rings. The first kappa shape index (κ1) is 42.5. The summed E-state index contributed by atoms with van der Waals surface area (Å²) in [6.07, 6.45) is 0.0247. The van der Waals surface area contributed by atoms with E-state index < -0.39 is 48.2 Å². The summed E-state index contributed by atoms with van der Waals surface area (Å²) in [4.78, 5) is 54.2. The maximum absolute atomic E-state index is 14.0. The van der Waals surface area contributed by atoms with Gasteiger partial charge in [0.2, 0.25) is 23.4 Å². The summed E-state index contributed by atoms with van der Waals surface area (Å²) in [6, 6.07) is 22.2. The van der Waals surface area contributed by atoms with E-state index in [1.165, 1.54) is 0 Å². The minimum atomic E-state index is -1.12. The van der Waals surface area contributed by atoms with Crippen LogP contribution in [-0.2, 0) is 38.6 Å². The van der Waals surface area contributed by atoms with Crippen LogP contribution in [0.25, 0.3) is 0 Å². The van der Waals surface area contributed by atoms with Crippen molar-refractivity contribution in [1.29, 1.82) is 5.41 Å². The average molecular weight is 731 g/mol. The Kier molecular flexibility index (Phi) is 18.4. The van der Waals surface area contributed by atoms with Gasteiger partial charge in [-0.2, -0.15) is 0 Å². The van der Waals surface area contributed by atoms with Gasteiger partial charge in [0, 0.05) is 18.5 Å². The van der Waals surface area contributed by atoms with Crippen molar-refractivity contribution in [2.45, 2.75) is 75.8 Å². The van der Waals surface area contributed by atoms with Gasteiger partial charge in [0.1, 0.15) is 24.5 Å². The van der Waals surface area contributed by atoms with Crippen molar-refractivity contribution in [1.82, 2.24) is 32.1 Å². The first-order valence-electron chi connectivity index (χ1n) is 17.6. The number of amidine groups is 1. The average Bonchev–Trinajstić information content (AvgIpc) is 3.14. The van der Waals surface area contributed by atoms with Crippen LogP contribution in [0.2, 0.25) is 0 Å². The molecule has 0 saturated carbocycles. The molecule has 0 aromatic heterocycles. The lowest BCUT2D eigenvalue weighted by atomic mass is 9.98. The molecule has 0 saturated heterocycles. The molecule has 286 valence electrons. The third-order valence-electron chi connectivity index (χ3n) is 8.29. The van der Waals surface area contributed by atoms with Crippen LogP contribution in [0.4, 0.5) is 0 Å². The van der Waals surface area contributed by atoms with Gasteiger partial charge in [-0.15, -0.1) is 0 Å². The quantitative estimate of drug-likeness (QED) is 0.0120. The van der Waals surface area contributed by atoms with Crippen LogP contribution in [0.1, 0.15) is 47.9 Å². The Morgan fingerprint density at radius 2 is 1.15 bits per heavy atom. The second-order valence-electron chi connectivity index (χ2n) is 12.7. The minimum absolute atomic E-state index is 0.0568. The Bertz CT molecular complexity index is 1590. The van der Waals surface area contributed by atoms with Crippen molar-refractivity contribution in [2.75, 3.05) is 13.1 Å². The van der Waals surface area contributed by atoms with E-state index in [1.54, 1.807) is 48.5 Å². The fourth-order valence-corrected chi connectivity index (χ4v) is 5.40. The van der Waals surface area contributed by atoms with Gasteiger partial charge in [-0.05, 0) is 61.9 Å². The summed E-state index contributed by atoms with van der Waals surface area (Å²) in [5.74, 6) is -2.29. The molecule has 0 heterocycles. The van der Waals surface area contributed by atoms with Gasteiger partial charge in [-0.25, -0.2) is 10.9 Å². The molecule has 16 heteroatoms. The topological polar surface area (TPSA) is 294 Å². The van der Waals surface area contributed by atoms with Crippen molar-refractivity contribution in [3.05, 3.63) is 107 Å². The van der Waals surface area contributed by atoms with Gasteiger partial charge in [0.05, 0.1) is 12.1 Å². The van der Waals surface area contributed by atoms with E-state index in [4.69, 9.17) is 34.1 Å². The maximum atomic E-state index is 14.0. The molecule has 0 aliphatic carbocycles. The molecular formula is C37H54N12O4. The molecule has 0 bridgehead atoms. The number of carbonyl (C=O) groups excluding carboxylic acids is 4. The lowest BCUT2D eigenvalue weighted by Gasteiger charge is -2.26. The molecule has 2 amide bonds. The van der Waals surface area contributed by atoms with E-state index in [-0.39, 0.29) is 37.6 Å². The van der Waals surface area contributed by atoms with Gasteiger partial charge in [0.15, 0.2) is 0 Å². The number of hydrazine groups is 1. The Morgan fingerprint density at radius 1 is 0.623 bits per heavy atom. The summed E-state index contributed by atoms with van der Waals surface area (Å²) in [7, 11) is 0. The normalized spacial score (nSPS) is 12.9. The highest BCUT2D eigenvalue weighted by molar-refractivity contribution is 6.39. The van der Waals surface area contributed by atoms with Crippen molar-refractivity contribution in [3.8, 4) is 0 Å². The Labute approximate surface area is 310 Å². The smallest absolute Gasteiger partial charge is 0.239 e. The number of ketones is 2. The number of nitrogens with one attached hydrogen (secondary N) is 7. The van der Waals surface area contributed by atoms with Crippen LogP contribution in [0.15, 0.2) is 84.9 Å². The van der Waals surface area contributed by atoms with E-state index in [2.05, 4.69) is 32.1 Å². The van der Waals surface area contributed by atoms with Gasteiger partial charge in [0.25, 0.3) is 0 Å². The second kappa shape index (κ2) is 22.9. The van der Waals surface area contributed by atoms with Crippen molar-refractivity contribution in [2.24, 2.45) is 28.7 Å². The zero-order chi connectivity index (χ0) is 38.6. The largest absolute Gasteiger partial charge is 0.384 e. The van der Waals surface area contributed by atoms with Crippen molar-refractivity contribution >= 4 is 29.2 Å². The molecule has 0 aliphatic heterocycles. The predicted molar refractivity (Wildman–Crippen MR) is 204 cm³/mol. The minimum Gasteiger partial charge on any atom is -0.384 e. The van der Waals surface area contributed by atoms with E-state index in [1.807, 2.05) is 36.4 Å². The molecule has 3 rings (SSSR count). The summed E-state index contributed by atoms with van der Waals surface area (Å²) in [5.41, 5.74) is 36.9. The fourth-order valence-electron chi connectivity index (χ4n) is 5.40. The Hall–Kier alpha value is -4.91. The molecule has 0 radical (unpaired) electrons. The van der Waals surface area contributed by atoms with Crippen LogP contribution >= 0.6 is 0 Å². The zero-order valence-corrected chi connectivity index (χ0v) is 29.9. The Morgan fingerprint density at radius 3 is 1.70 bits per heavy atom. The summed E-state index contributed by atoms with van der Waals surface area (Å²) in [5, 5.41) is 19.1. The van der Waals surface area contributed by atoms with E-state index >= 15 is 0 Å². The zero-order valence-electron chi connectivity index (χ0n) is 29.9. The Balaban J connectivity index is 1.78. The van der Waals surface area contributed by atoms with E-state index in [9.17, 15) is 19.2 Å². The number of nitrogens with two attached hydrogens (primary N) is 5. The summed E-state index contributed by atoms with van der Waals surface area (Å²) in [6.45, 7) is 1.01. The van der Waals surface area contributed by atoms with Crippen LogP contribution in [-0.4, -0.2) is 73.0 Å². The highest BCUT2D eigenvalue weighted by atomic mass is 16.2. The number of hydrogen-bond donors (Lipinski definition) is 12. The third kappa shape index (κ3) is 16.1. The molecular weight excluding hydrogens is 676 g/mol. The first-order chi connectivity index (χ1) is 25.4. The standard InChI is InChI=1S/C37H54N12O4/c38-33(39)27-17-15-26(16-18-27)23-46-34(52)29(14-8-20-45-37(42)43)48-49-30(21-24-9-3-1-4-10-24)35(53)47-28(13-7-19-44-36(40)41)32(51)31(50)22-25-11-5-2-6-12-25/h1-6,9-12,15-18,28-30,36-37,44-45,48-49H,7-8,13-14,19-23,40-43H2,(H3,38,39)(H,46,52)(H,47,53)/t28-,29-,30-/m0/s1. The maximum Gasteiger partial charge on any atom is 0.239 e. The molecule has 17 N–H and O–H groups in total. The van der Waals surface area contributed by atoms with Crippen molar-refractivity contribution < 1.29 is 19.2 Å². The number of hydrogen-bond acceptors (Lipinski definition) is 13. The van der Waals surface area contributed by atoms with Gasteiger partial charge >= 0.3 is 0 Å². The van der Waals surface area contributed by atoms with Crippen LogP contribution in [0.5, 0.6) is 0 Å². The monoisotopic (exact) mass is 730 g/mol. The summed E-state index contributed by atoms with van der Waals surface area (Å²) >= 11 is 0. The van der Waals surface area contributed by atoms with Crippen LogP contribution in [0.3, 0.4) is 0 Å².